The Labute approximate surface area is 125 Å². The number of hydrogen-bond acceptors (Lipinski definition) is 4. The number of rotatable bonds is 4. The third-order valence-electron chi connectivity index (χ3n) is 3.11. The summed E-state index contributed by atoms with van der Waals surface area (Å²) in [5.74, 6) is 0.572. The first-order chi connectivity index (χ1) is 9.68. The Kier molecular flexibility index (Phi) is 4.20. The number of ether oxygens (including phenoxy) is 1. The lowest BCUT2D eigenvalue weighted by Crippen LogP contribution is -2.14. The summed E-state index contributed by atoms with van der Waals surface area (Å²) < 4.78 is 29.0. The molecule has 0 radical (unpaired) electrons. The van der Waals surface area contributed by atoms with Gasteiger partial charge in [0.05, 0.1) is 11.5 Å². The SMILES string of the molecule is CC(C)(C)CCOc1ccc(S(N)(=O)=O)c2cccnc12. The number of sulfonamides is 1. The molecule has 1 aromatic carbocycles. The summed E-state index contributed by atoms with van der Waals surface area (Å²) in [6, 6.07) is 6.43. The lowest BCUT2D eigenvalue weighted by Gasteiger charge is -2.18. The molecule has 0 saturated carbocycles. The van der Waals surface area contributed by atoms with Crippen LogP contribution in [0.2, 0.25) is 0 Å². The van der Waals surface area contributed by atoms with E-state index in [9.17, 15) is 8.42 Å². The van der Waals surface area contributed by atoms with Gasteiger partial charge in [0.25, 0.3) is 0 Å². The summed E-state index contributed by atoms with van der Waals surface area (Å²) >= 11 is 0. The quantitative estimate of drug-likeness (QED) is 0.941. The van der Waals surface area contributed by atoms with Crippen LogP contribution in [-0.2, 0) is 10.0 Å². The first kappa shape index (κ1) is 15.7. The fourth-order valence-corrected chi connectivity index (χ4v) is 2.68. The maximum atomic E-state index is 11.6. The van der Waals surface area contributed by atoms with E-state index in [1.54, 1.807) is 24.4 Å². The van der Waals surface area contributed by atoms with Gasteiger partial charge in [-0.25, -0.2) is 13.6 Å². The van der Waals surface area contributed by atoms with Gasteiger partial charge in [0.2, 0.25) is 10.0 Å². The molecule has 2 rings (SSSR count). The molecule has 0 unspecified atom stereocenters. The highest BCUT2D eigenvalue weighted by atomic mass is 32.2. The van der Waals surface area contributed by atoms with E-state index in [2.05, 4.69) is 25.8 Å². The predicted octanol–water partition coefficient (Wildman–Crippen LogP) is 2.70. The number of nitrogens with two attached hydrogens (primary N) is 1. The van der Waals surface area contributed by atoms with Gasteiger partial charge in [0.1, 0.15) is 11.3 Å². The van der Waals surface area contributed by atoms with Crippen molar-refractivity contribution in [1.82, 2.24) is 4.98 Å². The van der Waals surface area contributed by atoms with Gasteiger partial charge in [0, 0.05) is 11.6 Å². The van der Waals surface area contributed by atoms with Crippen molar-refractivity contribution in [3.63, 3.8) is 0 Å². The van der Waals surface area contributed by atoms with E-state index in [1.807, 2.05) is 0 Å². The molecule has 2 N–H and O–H groups in total. The van der Waals surface area contributed by atoms with Crippen molar-refractivity contribution in [1.29, 1.82) is 0 Å². The number of aromatic nitrogens is 1. The molecule has 1 heterocycles. The van der Waals surface area contributed by atoms with Crippen molar-refractivity contribution in [3.8, 4) is 5.75 Å². The molecule has 0 aliphatic carbocycles. The van der Waals surface area contributed by atoms with Crippen LogP contribution in [-0.4, -0.2) is 20.0 Å². The van der Waals surface area contributed by atoms with E-state index in [-0.39, 0.29) is 10.3 Å². The minimum atomic E-state index is -3.79. The summed E-state index contributed by atoms with van der Waals surface area (Å²) in [7, 11) is -3.79. The van der Waals surface area contributed by atoms with E-state index in [1.165, 1.54) is 6.07 Å². The maximum absolute atomic E-state index is 11.6. The number of fused-ring (bicyclic) bond motifs is 1. The first-order valence-electron chi connectivity index (χ1n) is 6.72. The molecule has 0 atom stereocenters. The fraction of sp³-hybridized carbons (Fsp3) is 0.400. The van der Waals surface area contributed by atoms with Crippen molar-refractivity contribution in [2.24, 2.45) is 10.6 Å². The zero-order valence-electron chi connectivity index (χ0n) is 12.5. The van der Waals surface area contributed by atoms with Crippen LogP contribution in [0.15, 0.2) is 35.4 Å². The normalized spacial score (nSPS) is 12.6. The highest BCUT2D eigenvalue weighted by Crippen LogP contribution is 2.29. The minimum Gasteiger partial charge on any atom is -0.491 e. The van der Waals surface area contributed by atoms with Gasteiger partial charge in [-0.3, -0.25) is 4.98 Å². The lowest BCUT2D eigenvalue weighted by atomic mass is 9.93. The second-order valence-electron chi connectivity index (χ2n) is 6.17. The average molecular weight is 308 g/mol. The molecule has 21 heavy (non-hydrogen) atoms. The predicted molar refractivity (Wildman–Crippen MR) is 82.7 cm³/mol. The van der Waals surface area contributed by atoms with Gasteiger partial charge in [-0.15, -0.1) is 0 Å². The Balaban J connectivity index is 2.39. The summed E-state index contributed by atoms with van der Waals surface area (Å²) in [5, 5.41) is 5.71. The Hall–Kier alpha value is -1.66. The highest BCUT2D eigenvalue weighted by Gasteiger charge is 2.16. The molecule has 114 valence electrons. The van der Waals surface area contributed by atoms with Crippen LogP contribution in [0.4, 0.5) is 0 Å². The number of benzene rings is 1. The molecule has 2 aromatic rings. The van der Waals surface area contributed by atoms with Gasteiger partial charge in [-0.1, -0.05) is 20.8 Å². The summed E-state index contributed by atoms with van der Waals surface area (Å²) in [4.78, 5) is 4.29. The van der Waals surface area contributed by atoms with Crippen LogP contribution in [0, 0.1) is 5.41 Å². The van der Waals surface area contributed by atoms with E-state index in [4.69, 9.17) is 9.88 Å². The minimum absolute atomic E-state index is 0.0637. The smallest absolute Gasteiger partial charge is 0.238 e. The Morgan fingerprint density at radius 2 is 1.95 bits per heavy atom. The largest absolute Gasteiger partial charge is 0.491 e. The molecule has 0 amide bonds. The third-order valence-corrected chi connectivity index (χ3v) is 4.08. The molecular formula is C15H20N2O3S. The first-order valence-corrected chi connectivity index (χ1v) is 8.26. The van der Waals surface area contributed by atoms with Crippen molar-refractivity contribution in [2.45, 2.75) is 32.1 Å². The average Bonchev–Trinajstić information content (AvgIpc) is 2.36. The zero-order valence-corrected chi connectivity index (χ0v) is 13.3. The van der Waals surface area contributed by atoms with Crippen molar-refractivity contribution < 1.29 is 13.2 Å². The van der Waals surface area contributed by atoms with Crippen LogP contribution in [0.25, 0.3) is 10.9 Å². The molecule has 0 aliphatic rings. The molecule has 0 fully saturated rings. The van der Waals surface area contributed by atoms with E-state index in [0.29, 0.717) is 23.3 Å². The molecule has 6 heteroatoms. The number of pyridine rings is 1. The Bertz CT molecular complexity index is 749. The van der Waals surface area contributed by atoms with Gasteiger partial charge >= 0.3 is 0 Å². The monoisotopic (exact) mass is 308 g/mol. The van der Waals surface area contributed by atoms with Gasteiger partial charge < -0.3 is 4.74 Å². The Morgan fingerprint density at radius 3 is 2.57 bits per heavy atom. The molecule has 0 spiro atoms. The van der Waals surface area contributed by atoms with E-state index >= 15 is 0 Å². The molecule has 0 bridgehead atoms. The van der Waals surface area contributed by atoms with E-state index < -0.39 is 10.0 Å². The van der Waals surface area contributed by atoms with Crippen molar-refractivity contribution in [3.05, 3.63) is 30.5 Å². The topological polar surface area (TPSA) is 82.3 Å². The van der Waals surface area contributed by atoms with Crippen LogP contribution < -0.4 is 9.88 Å². The third kappa shape index (κ3) is 3.92. The van der Waals surface area contributed by atoms with Crippen LogP contribution >= 0.6 is 0 Å². The van der Waals surface area contributed by atoms with Crippen LogP contribution in [0.3, 0.4) is 0 Å². The lowest BCUT2D eigenvalue weighted by molar-refractivity contribution is 0.244. The van der Waals surface area contributed by atoms with Crippen LogP contribution in [0.1, 0.15) is 27.2 Å². The van der Waals surface area contributed by atoms with Crippen molar-refractivity contribution in [2.75, 3.05) is 6.61 Å². The Morgan fingerprint density at radius 1 is 1.24 bits per heavy atom. The second kappa shape index (κ2) is 5.61. The zero-order chi connectivity index (χ0) is 15.7. The number of primary sulfonamides is 1. The highest BCUT2D eigenvalue weighted by molar-refractivity contribution is 7.89. The van der Waals surface area contributed by atoms with Crippen molar-refractivity contribution >= 4 is 20.9 Å². The van der Waals surface area contributed by atoms with Gasteiger partial charge in [0.15, 0.2) is 0 Å². The van der Waals surface area contributed by atoms with Gasteiger partial charge in [-0.05, 0) is 36.1 Å². The summed E-state index contributed by atoms with van der Waals surface area (Å²) in [6.45, 7) is 6.95. The summed E-state index contributed by atoms with van der Waals surface area (Å²) in [5.41, 5.74) is 0.682. The number of nitrogens with zero attached hydrogens (tertiary/aromatic N) is 1. The van der Waals surface area contributed by atoms with Crippen LogP contribution in [0.5, 0.6) is 5.75 Å². The molecule has 1 aromatic heterocycles. The molecular weight excluding hydrogens is 288 g/mol. The molecule has 5 nitrogen and oxygen atoms in total. The fourth-order valence-electron chi connectivity index (χ4n) is 1.95. The number of hydrogen-bond donors (Lipinski definition) is 1. The van der Waals surface area contributed by atoms with Gasteiger partial charge in [-0.2, -0.15) is 0 Å². The molecule has 0 aliphatic heterocycles. The summed E-state index contributed by atoms with van der Waals surface area (Å²) in [6.07, 6.45) is 2.49. The van der Waals surface area contributed by atoms with E-state index in [0.717, 1.165) is 6.42 Å². The standard InChI is InChI=1S/C15H20N2O3S/c1-15(2,3)8-10-20-12-6-7-13(21(16,18)19)11-5-4-9-17-14(11)12/h4-7,9H,8,10H2,1-3H3,(H2,16,18,19). The second-order valence-corrected chi connectivity index (χ2v) is 7.70. The maximum Gasteiger partial charge on any atom is 0.238 e. The molecule has 0 saturated heterocycles.